The van der Waals surface area contributed by atoms with Gasteiger partial charge in [-0.3, -0.25) is 4.79 Å². The molecule has 1 aliphatic rings. The molecule has 1 aliphatic heterocycles. The van der Waals surface area contributed by atoms with Crippen LogP contribution in [0, 0.1) is 5.92 Å². The minimum atomic E-state index is -0.687. The zero-order valence-electron chi connectivity index (χ0n) is 7.49. The van der Waals surface area contributed by atoms with Crippen LogP contribution in [0.4, 0.5) is 0 Å². The molecule has 2 unspecified atom stereocenters. The van der Waals surface area contributed by atoms with E-state index >= 15 is 0 Å². The van der Waals surface area contributed by atoms with Gasteiger partial charge in [0, 0.05) is 12.6 Å². The van der Waals surface area contributed by atoms with E-state index in [-0.39, 0.29) is 12.0 Å². The van der Waals surface area contributed by atoms with Crippen LogP contribution in [-0.4, -0.2) is 23.7 Å². The highest BCUT2D eigenvalue weighted by Crippen LogP contribution is 2.19. The van der Waals surface area contributed by atoms with Gasteiger partial charge in [0.2, 0.25) is 0 Å². The van der Waals surface area contributed by atoms with Crippen molar-refractivity contribution in [1.82, 2.24) is 5.32 Å². The number of carbonyl (C=O) groups is 1. The zero-order valence-corrected chi connectivity index (χ0v) is 7.49. The Labute approximate surface area is 73.2 Å². The van der Waals surface area contributed by atoms with Gasteiger partial charge in [-0.1, -0.05) is 13.3 Å². The summed E-state index contributed by atoms with van der Waals surface area (Å²) in [6, 6.07) is 0.0845. The molecule has 1 heterocycles. The molecule has 3 heteroatoms. The largest absolute Gasteiger partial charge is 0.481 e. The van der Waals surface area contributed by atoms with Crippen molar-refractivity contribution in [2.24, 2.45) is 5.92 Å². The Morgan fingerprint density at radius 3 is 2.83 bits per heavy atom. The van der Waals surface area contributed by atoms with Crippen LogP contribution in [0.3, 0.4) is 0 Å². The second-order valence-electron chi connectivity index (χ2n) is 3.32. The Balaban J connectivity index is 2.46. The third kappa shape index (κ3) is 2.21. The fourth-order valence-electron chi connectivity index (χ4n) is 1.75. The molecule has 1 N–H and O–H groups in total. The van der Waals surface area contributed by atoms with Gasteiger partial charge in [-0.15, -0.1) is 0 Å². The molecule has 12 heavy (non-hydrogen) atoms. The number of aliphatic carboxylic acids is 1. The standard InChI is InChI=1S/C9H16NO2/c1-2-7(9(11)12)8-5-3-4-6-10-8/h7-8H,2-6H2,1H3,(H,11,12). The van der Waals surface area contributed by atoms with Crippen molar-refractivity contribution in [3.05, 3.63) is 0 Å². The van der Waals surface area contributed by atoms with E-state index in [9.17, 15) is 4.79 Å². The maximum absolute atomic E-state index is 10.8. The molecule has 0 spiro atoms. The zero-order chi connectivity index (χ0) is 8.97. The molecule has 1 fully saturated rings. The molecule has 1 rings (SSSR count). The first-order valence-corrected chi connectivity index (χ1v) is 4.65. The number of piperidine rings is 1. The second-order valence-corrected chi connectivity index (χ2v) is 3.32. The van der Waals surface area contributed by atoms with Crippen molar-refractivity contribution in [2.45, 2.75) is 38.6 Å². The van der Waals surface area contributed by atoms with E-state index in [4.69, 9.17) is 5.11 Å². The predicted octanol–water partition coefficient (Wildman–Crippen LogP) is 1.25. The minimum Gasteiger partial charge on any atom is -0.481 e. The molecule has 1 radical (unpaired) electrons. The lowest BCUT2D eigenvalue weighted by molar-refractivity contribution is -0.143. The average molecular weight is 170 g/mol. The smallest absolute Gasteiger partial charge is 0.308 e. The Morgan fingerprint density at radius 1 is 1.67 bits per heavy atom. The van der Waals surface area contributed by atoms with Crippen molar-refractivity contribution < 1.29 is 9.90 Å². The molecule has 0 aromatic rings. The first-order valence-electron chi connectivity index (χ1n) is 4.65. The molecular formula is C9H16NO2. The van der Waals surface area contributed by atoms with E-state index in [1.807, 2.05) is 6.92 Å². The van der Waals surface area contributed by atoms with Gasteiger partial charge >= 0.3 is 5.97 Å². The molecule has 69 valence electrons. The molecule has 0 bridgehead atoms. The van der Waals surface area contributed by atoms with Crippen molar-refractivity contribution in [3.63, 3.8) is 0 Å². The molecule has 0 aliphatic carbocycles. The number of carboxylic acids is 1. The maximum Gasteiger partial charge on any atom is 0.308 e. The van der Waals surface area contributed by atoms with Gasteiger partial charge < -0.3 is 5.11 Å². The number of hydrogen-bond acceptors (Lipinski definition) is 1. The predicted molar refractivity (Wildman–Crippen MR) is 46.1 cm³/mol. The van der Waals surface area contributed by atoms with Gasteiger partial charge in [0.25, 0.3) is 0 Å². The first kappa shape index (κ1) is 9.52. The second kappa shape index (κ2) is 4.45. The molecule has 1 saturated heterocycles. The molecule has 2 atom stereocenters. The van der Waals surface area contributed by atoms with E-state index in [0.29, 0.717) is 6.42 Å². The highest BCUT2D eigenvalue weighted by molar-refractivity contribution is 5.70. The van der Waals surface area contributed by atoms with Crippen LogP contribution in [0.1, 0.15) is 32.6 Å². The van der Waals surface area contributed by atoms with E-state index in [0.717, 1.165) is 25.8 Å². The summed E-state index contributed by atoms with van der Waals surface area (Å²) < 4.78 is 0. The van der Waals surface area contributed by atoms with Gasteiger partial charge in [-0.25, -0.2) is 5.32 Å². The van der Waals surface area contributed by atoms with Crippen LogP contribution in [0.5, 0.6) is 0 Å². The quantitative estimate of drug-likeness (QED) is 0.693. The summed E-state index contributed by atoms with van der Waals surface area (Å²) in [5.74, 6) is -0.932. The monoisotopic (exact) mass is 170 g/mol. The summed E-state index contributed by atoms with van der Waals surface area (Å²) in [6.45, 7) is 2.78. The van der Waals surface area contributed by atoms with E-state index in [1.54, 1.807) is 0 Å². The lowest BCUT2D eigenvalue weighted by atomic mass is 9.90. The van der Waals surface area contributed by atoms with Crippen LogP contribution in [0.15, 0.2) is 0 Å². The summed E-state index contributed by atoms with van der Waals surface area (Å²) >= 11 is 0. The van der Waals surface area contributed by atoms with Gasteiger partial charge in [-0.2, -0.15) is 0 Å². The highest BCUT2D eigenvalue weighted by atomic mass is 16.4. The molecule has 3 nitrogen and oxygen atoms in total. The third-order valence-electron chi connectivity index (χ3n) is 2.49. The Bertz CT molecular complexity index is 153. The number of nitrogens with zero attached hydrogens (tertiary/aromatic N) is 1. The number of rotatable bonds is 3. The third-order valence-corrected chi connectivity index (χ3v) is 2.49. The molecule has 0 aromatic carbocycles. The molecule has 0 saturated carbocycles. The average Bonchev–Trinajstić information content (AvgIpc) is 2.07. The first-order chi connectivity index (χ1) is 5.75. The van der Waals surface area contributed by atoms with Crippen molar-refractivity contribution in [1.29, 1.82) is 0 Å². The fraction of sp³-hybridized carbons (Fsp3) is 0.889. The number of hydrogen-bond donors (Lipinski definition) is 1. The Hall–Kier alpha value is -0.570. The lowest BCUT2D eigenvalue weighted by Gasteiger charge is -2.26. The fourth-order valence-corrected chi connectivity index (χ4v) is 1.75. The van der Waals surface area contributed by atoms with Crippen molar-refractivity contribution >= 4 is 5.97 Å². The van der Waals surface area contributed by atoms with Crippen molar-refractivity contribution in [3.8, 4) is 0 Å². The topological polar surface area (TPSA) is 51.4 Å². The van der Waals surface area contributed by atoms with Gasteiger partial charge in [0.05, 0.1) is 5.92 Å². The molecular weight excluding hydrogens is 154 g/mol. The van der Waals surface area contributed by atoms with Crippen LogP contribution in [-0.2, 0) is 4.79 Å². The minimum absolute atomic E-state index is 0.0845. The van der Waals surface area contributed by atoms with E-state index in [2.05, 4.69) is 5.32 Å². The summed E-state index contributed by atoms with van der Waals surface area (Å²) in [4.78, 5) is 10.8. The molecule has 0 aromatic heterocycles. The summed E-state index contributed by atoms with van der Waals surface area (Å²) in [7, 11) is 0. The van der Waals surface area contributed by atoms with E-state index in [1.165, 1.54) is 0 Å². The highest BCUT2D eigenvalue weighted by Gasteiger charge is 2.28. The summed E-state index contributed by atoms with van der Waals surface area (Å²) in [5, 5.41) is 13.2. The van der Waals surface area contributed by atoms with Crippen LogP contribution >= 0.6 is 0 Å². The summed E-state index contributed by atoms with van der Waals surface area (Å²) in [5.41, 5.74) is 0. The van der Waals surface area contributed by atoms with E-state index < -0.39 is 5.97 Å². The molecule has 0 amide bonds. The van der Waals surface area contributed by atoms with Gasteiger partial charge in [0.1, 0.15) is 0 Å². The normalized spacial score (nSPS) is 26.6. The number of carboxylic acid groups (broad SMARTS) is 1. The SMILES string of the molecule is CCC(C(=O)O)C1CCCC[N]1. The summed E-state index contributed by atoms with van der Waals surface area (Å²) in [6.07, 6.45) is 3.93. The Morgan fingerprint density at radius 2 is 2.42 bits per heavy atom. The maximum atomic E-state index is 10.8. The van der Waals surface area contributed by atoms with Crippen molar-refractivity contribution in [2.75, 3.05) is 6.54 Å². The van der Waals surface area contributed by atoms with Crippen LogP contribution in [0.25, 0.3) is 0 Å². The van der Waals surface area contributed by atoms with Crippen LogP contribution < -0.4 is 5.32 Å². The van der Waals surface area contributed by atoms with Gasteiger partial charge in [-0.05, 0) is 19.3 Å². The Kier molecular flexibility index (Phi) is 3.53. The van der Waals surface area contributed by atoms with Crippen LogP contribution in [0.2, 0.25) is 0 Å². The van der Waals surface area contributed by atoms with Gasteiger partial charge in [0.15, 0.2) is 0 Å². The lowest BCUT2D eigenvalue weighted by Crippen LogP contribution is -2.38.